The summed E-state index contributed by atoms with van der Waals surface area (Å²) in [7, 11) is -3.78. The molecule has 0 radical (unpaired) electrons. The van der Waals surface area contributed by atoms with Gasteiger partial charge < -0.3 is 5.11 Å². The van der Waals surface area contributed by atoms with Gasteiger partial charge in [-0.3, -0.25) is 10.1 Å². The van der Waals surface area contributed by atoms with E-state index < -0.39 is 14.9 Å². The van der Waals surface area contributed by atoms with E-state index in [1.165, 1.54) is 0 Å². The van der Waals surface area contributed by atoms with Crippen LogP contribution in [0.3, 0.4) is 0 Å². The molecule has 0 saturated carbocycles. The second-order valence-electron chi connectivity index (χ2n) is 4.41. The van der Waals surface area contributed by atoms with Crippen molar-refractivity contribution < 1.29 is 18.4 Å². The van der Waals surface area contributed by atoms with Crippen LogP contribution in [0.2, 0.25) is 5.02 Å². The molecule has 0 saturated heterocycles. The second kappa shape index (κ2) is 8.28. The Labute approximate surface area is 128 Å². The van der Waals surface area contributed by atoms with E-state index in [-0.39, 0.29) is 28.8 Å². The van der Waals surface area contributed by atoms with E-state index in [1.54, 1.807) is 0 Å². The van der Waals surface area contributed by atoms with Gasteiger partial charge in [0.1, 0.15) is 4.90 Å². The molecule has 21 heavy (non-hydrogen) atoms. The van der Waals surface area contributed by atoms with Crippen LogP contribution < -0.4 is 4.72 Å². The monoisotopic (exact) mass is 336 g/mol. The molecule has 0 spiro atoms. The van der Waals surface area contributed by atoms with E-state index in [2.05, 4.69) is 4.72 Å². The third-order valence-corrected chi connectivity index (χ3v) is 4.74. The summed E-state index contributed by atoms with van der Waals surface area (Å²) < 4.78 is 26.4. The zero-order valence-corrected chi connectivity index (χ0v) is 12.9. The van der Waals surface area contributed by atoms with Crippen molar-refractivity contribution in [1.82, 2.24) is 4.72 Å². The van der Waals surface area contributed by atoms with Crippen molar-refractivity contribution >= 4 is 27.3 Å². The molecule has 0 aliphatic heterocycles. The van der Waals surface area contributed by atoms with Gasteiger partial charge in [0.15, 0.2) is 0 Å². The highest BCUT2D eigenvalue weighted by atomic mass is 35.5. The first-order valence-electron chi connectivity index (χ1n) is 6.43. The lowest BCUT2D eigenvalue weighted by molar-refractivity contribution is -0.384. The largest absolute Gasteiger partial charge is 0.396 e. The average Bonchev–Trinajstić information content (AvgIpc) is 2.42. The van der Waals surface area contributed by atoms with Crippen molar-refractivity contribution in [1.29, 1.82) is 0 Å². The molecule has 2 N–H and O–H groups in total. The number of nitro benzene ring substituents is 1. The van der Waals surface area contributed by atoms with Crippen molar-refractivity contribution in [3.8, 4) is 0 Å². The number of aliphatic hydroxyl groups excluding tert-OH is 1. The Hall–Kier alpha value is -1.22. The highest BCUT2D eigenvalue weighted by molar-refractivity contribution is 7.89. The minimum absolute atomic E-state index is 0.129. The number of unbranched alkanes of at least 4 members (excludes halogenated alkanes) is 3. The highest BCUT2D eigenvalue weighted by Crippen LogP contribution is 2.25. The number of hydrogen-bond donors (Lipinski definition) is 2. The van der Waals surface area contributed by atoms with Crippen LogP contribution in [0.15, 0.2) is 23.1 Å². The summed E-state index contributed by atoms with van der Waals surface area (Å²) in [6, 6.07) is 3.23. The topological polar surface area (TPSA) is 110 Å². The van der Waals surface area contributed by atoms with Crippen LogP contribution in [0.1, 0.15) is 25.7 Å². The molecule has 0 bridgehead atoms. The number of nitrogens with zero attached hydrogens (tertiary/aromatic N) is 1. The normalized spacial score (nSPS) is 11.5. The number of hydrogen-bond acceptors (Lipinski definition) is 5. The summed E-state index contributed by atoms with van der Waals surface area (Å²) in [4.78, 5) is 9.76. The van der Waals surface area contributed by atoms with Crippen molar-refractivity contribution in [2.45, 2.75) is 30.6 Å². The van der Waals surface area contributed by atoms with E-state index in [0.29, 0.717) is 12.8 Å². The Morgan fingerprint density at radius 1 is 1.24 bits per heavy atom. The summed E-state index contributed by atoms with van der Waals surface area (Å²) >= 11 is 5.79. The molecule has 0 atom stereocenters. The number of rotatable bonds is 9. The molecule has 118 valence electrons. The van der Waals surface area contributed by atoms with Crippen LogP contribution in [0.4, 0.5) is 5.69 Å². The maximum atomic E-state index is 12.0. The van der Waals surface area contributed by atoms with E-state index in [1.807, 2.05) is 0 Å². The first-order valence-corrected chi connectivity index (χ1v) is 8.29. The quantitative estimate of drug-likeness (QED) is 0.407. The van der Waals surface area contributed by atoms with Gasteiger partial charge in [-0.2, -0.15) is 0 Å². The molecule has 0 fully saturated rings. The minimum Gasteiger partial charge on any atom is -0.396 e. The molecular formula is C12H17ClN2O5S. The third-order valence-electron chi connectivity index (χ3n) is 2.79. The number of halogens is 1. The fraction of sp³-hybridized carbons (Fsp3) is 0.500. The zero-order valence-electron chi connectivity index (χ0n) is 11.3. The minimum atomic E-state index is -3.78. The molecule has 0 amide bonds. The lowest BCUT2D eigenvalue weighted by atomic mass is 10.2. The predicted octanol–water partition coefficient (Wildman–Crippen LogP) is 2.08. The fourth-order valence-electron chi connectivity index (χ4n) is 1.70. The average molecular weight is 337 g/mol. The standard InChI is InChI=1S/C12H17ClN2O5S/c13-11-9-10(15(17)18)5-6-12(11)21(19,20)14-7-3-1-2-4-8-16/h5-6,9,14,16H,1-4,7-8H2. The Morgan fingerprint density at radius 2 is 1.90 bits per heavy atom. The Morgan fingerprint density at radius 3 is 2.48 bits per heavy atom. The van der Waals surface area contributed by atoms with Crippen LogP contribution in [0.5, 0.6) is 0 Å². The van der Waals surface area contributed by atoms with Gasteiger partial charge in [-0.05, 0) is 18.9 Å². The van der Waals surface area contributed by atoms with Gasteiger partial charge in [-0.1, -0.05) is 24.4 Å². The Bertz CT molecular complexity index is 591. The summed E-state index contributed by atoms with van der Waals surface area (Å²) in [6.07, 6.45) is 2.97. The van der Waals surface area contributed by atoms with Gasteiger partial charge in [0.05, 0.1) is 9.95 Å². The van der Waals surface area contributed by atoms with E-state index in [0.717, 1.165) is 31.0 Å². The van der Waals surface area contributed by atoms with E-state index >= 15 is 0 Å². The number of sulfonamides is 1. The number of nitrogens with one attached hydrogen (secondary N) is 1. The molecule has 1 aromatic rings. The predicted molar refractivity (Wildman–Crippen MR) is 78.8 cm³/mol. The lowest BCUT2D eigenvalue weighted by Crippen LogP contribution is -2.25. The van der Waals surface area contributed by atoms with E-state index in [9.17, 15) is 18.5 Å². The Balaban J connectivity index is 2.64. The summed E-state index contributed by atoms with van der Waals surface area (Å²) in [5.41, 5.74) is -0.261. The molecule has 1 rings (SSSR count). The lowest BCUT2D eigenvalue weighted by Gasteiger charge is -2.08. The molecule has 0 aromatic heterocycles. The highest BCUT2D eigenvalue weighted by Gasteiger charge is 2.19. The third kappa shape index (κ3) is 5.58. The molecule has 0 aliphatic carbocycles. The van der Waals surface area contributed by atoms with Crippen molar-refractivity contribution in [3.63, 3.8) is 0 Å². The fourth-order valence-corrected chi connectivity index (χ4v) is 3.31. The number of nitro groups is 1. The van der Waals surface area contributed by atoms with Gasteiger partial charge in [0.25, 0.3) is 5.69 Å². The van der Waals surface area contributed by atoms with Gasteiger partial charge >= 0.3 is 0 Å². The van der Waals surface area contributed by atoms with Gasteiger partial charge in [0.2, 0.25) is 10.0 Å². The molecule has 0 aliphatic rings. The van der Waals surface area contributed by atoms with Crippen LogP contribution in [-0.2, 0) is 10.0 Å². The summed E-state index contributed by atoms with van der Waals surface area (Å²) in [5.74, 6) is 0. The molecule has 0 heterocycles. The van der Waals surface area contributed by atoms with Crippen LogP contribution >= 0.6 is 11.6 Å². The first-order chi connectivity index (χ1) is 9.88. The van der Waals surface area contributed by atoms with E-state index in [4.69, 9.17) is 16.7 Å². The smallest absolute Gasteiger partial charge is 0.271 e. The van der Waals surface area contributed by atoms with Crippen molar-refractivity contribution in [2.24, 2.45) is 0 Å². The number of aliphatic hydroxyl groups is 1. The van der Waals surface area contributed by atoms with Crippen molar-refractivity contribution in [2.75, 3.05) is 13.2 Å². The summed E-state index contributed by atoms with van der Waals surface area (Å²) in [6.45, 7) is 0.380. The molecule has 1 aromatic carbocycles. The van der Waals surface area contributed by atoms with Gasteiger partial charge in [0, 0.05) is 25.3 Å². The van der Waals surface area contributed by atoms with Crippen LogP contribution in [-0.4, -0.2) is 31.6 Å². The molecule has 7 nitrogen and oxygen atoms in total. The Kier molecular flexibility index (Phi) is 7.03. The summed E-state index contributed by atoms with van der Waals surface area (Å²) in [5, 5.41) is 19.0. The molecular weight excluding hydrogens is 320 g/mol. The van der Waals surface area contributed by atoms with Crippen LogP contribution in [0.25, 0.3) is 0 Å². The first kappa shape index (κ1) is 17.8. The SMILES string of the molecule is O=[N+]([O-])c1ccc(S(=O)(=O)NCCCCCCO)c(Cl)c1. The van der Waals surface area contributed by atoms with Crippen LogP contribution in [0, 0.1) is 10.1 Å². The second-order valence-corrected chi connectivity index (χ2v) is 6.55. The molecule has 0 unspecified atom stereocenters. The number of non-ortho nitro benzene ring substituents is 1. The van der Waals surface area contributed by atoms with Gasteiger partial charge in [-0.15, -0.1) is 0 Å². The maximum absolute atomic E-state index is 12.0. The number of benzene rings is 1. The zero-order chi connectivity index (χ0) is 15.9. The maximum Gasteiger partial charge on any atom is 0.271 e. The molecule has 9 heteroatoms. The van der Waals surface area contributed by atoms with Gasteiger partial charge in [-0.25, -0.2) is 13.1 Å². The van der Waals surface area contributed by atoms with Crippen molar-refractivity contribution in [3.05, 3.63) is 33.3 Å².